The van der Waals surface area contributed by atoms with Gasteiger partial charge in [0.05, 0.1) is 7.11 Å². The Bertz CT molecular complexity index is 296. The maximum Gasteiger partial charge on any atom is 0.345 e. The van der Waals surface area contributed by atoms with E-state index >= 15 is 0 Å². The lowest BCUT2D eigenvalue weighted by atomic mass is 9.50. The first-order valence-corrected chi connectivity index (χ1v) is 5.46. The number of ether oxygens (including phenoxy) is 1. The number of rotatable bonds is 1. The van der Waals surface area contributed by atoms with E-state index in [1.807, 2.05) is 6.92 Å². The number of carbonyl (C=O) groups is 1. The van der Waals surface area contributed by atoms with Gasteiger partial charge in [-0.3, -0.25) is 0 Å². The molecule has 4 unspecified atom stereocenters. The van der Waals surface area contributed by atoms with E-state index in [1.54, 1.807) is 0 Å². The van der Waals surface area contributed by atoms with Crippen molar-refractivity contribution >= 4 is 5.97 Å². The summed E-state index contributed by atoms with van der Waals surface area (Å²) >= 11 is 0. The Kier molecular flexibility index (Phi) is 2.30. The number of hydrogen-bond acceptors (Lipinski definition) is 3. The second-order valence-electron chi connectivity index (χ2n) is 5.02. The van der Waals surface area contributed by atoms with E-state index in [0.29, 0.717) is 12.5 Å². The predicted molar refractivity (Wildman–Crippen MR) is 54.1 cm³/mol. The van der Waals surface area contributed by atoms with Crippen LogP contribution in [0.5, 0.6) is 0 Å². The number of nitrogens with one attached hydrogen (secondary N) is 1. The van der Waals surface area contributed by atoms with Gasteiger partial charge in [-0.05, 0) is 18.3 Å². The molecule has 2 rings (SSSR count). The van der Waals surface area contributed by atoms with Crippen LogP contribution in [0.4, 0.5) is 4.39 Å². The van der Waals surface area contributed by atoms with E-state index in [4.69, 9.17) is 0 Å². The van der Waals surface area contributed by atoms with Crippen molar-refractivity contribution in [1.29, 1.82) is 0 Å². The summed E-state index contributed by atoms with van der Waals surface area (Å²) in [5, 5.41) is 3.00. The summed E-state index contributed by atoms with van der Waals surface area (Å²) in [6, 6.07) is 0. The smallest absolute Gasteiger partial charge is 0.345 e. The average Bonchev–Trinajstić information content (AvgIpc) is 2.58. The lowest BCUT2D eigenvalue weighted by Crippen LogP contribution is -2.61. The summed E-state index contributed by atoms with van der Waals surface area (Å²) < 4.78 is 19.3. The molecule has 1 N–H and O–H groups in total. The van der Waals surface area contributed by atoms with Crippen molar-refractivity contribution in [2.75, 3.05) is 20.2 Å². The number of methoxy groups -OCH3 is 1. The Morgan fingerprint density at radius 3 is 2.60 bits per heavy atom. The third-order valence-electron chi connectivity index (χ3n) is 4.52. The molecular weight excluding hydrogens is 197 g/mol. The standard InChI is InChI=1S/C11H18FNO2/c1-7-4-10(8(7)2)5-13-6-11(10,12)9(14)15-3/h7-8,13H,4-6H2,1-3H3. The summed E-state index contributed by atoms with van der Waals surface area (Å²) in [7, 11) is 1.25. The molecule has 3 nitrogen and oxygen atoms in total. The van der Waals surface area contributed by atoms with Crippen molar-refractivity contribution in [3.63, 3.8) is 0 Å². The van der Waals surface area contributed by atoms with Crippen molar-refractivity contribution in [2.24, 2.45) is 17.3 Å². The van der Waals surface area contributed by atoms with Crippen LogP contribution in [0.2, 0.25) is 0 Å². The van der Waals surface area contributed by atoms with Gasteiger partial charge >= 0.3 is 5.97 Å². The molecule has 1 spiro atoms. The monoisotopic (exact) mass is 215 g/mol. The van der Waals surface area contributed by atoms with Crippen molar-refractivity contribution < 1.29 is 13.9 Å². The maximum atomic E-state index is 14.7. The number of esters is 1. The van der Waals surface area contributed by atoms with E-state index in [9.17, 15) is 9.18 Å². The highest BCUT2D eigenvalue weighted by Crippen LogP contribution is 2.60. The van der Waals surface area contributed by atoms with Crippen LogP contribution in [0.1, 0.15) is 20.3 Å². The molecule has 0 aromatic carbocycles. The molecule has 0 amide bonds. The predicted octanol–water partition coefficient (Wildman–Crippen LogP) is 1.13. The van der Waals surface area contributed by atoms with Gasteiger partial charge in [0.1, 0.15) is 0 Å². The van der Waals surface area contributed by atoms with Gasteiger partial charge in [0, 0.05) is 18.5 Å². The van der Waals surface area contributed by atoms with Crippen LogP contribution in [0, 0.1) is 17.3 Å². The van der Waals surface area contributed by atoms with Crippen LogP contribution in [0.15, 0.2) is 0 Å². The van der Waals surface area contributed by atoms with Crippen LogP contribution in [-0.2, 0) is 9.53 Å². The van der Waals surface area contributed by atoms with Crippen molar-refractivity contribution in [3.05, 3.63) is 0 Å². The number of hydrogen-bond donors (Lipinski definition) is 1. The fourth-order valence-corrected chi connectivity index (χ4v) is 3.29. The van der Waals surface area contributed by atoms with Gasteiger partial charge in [-0.25, -0.2) is 9.18 Å². The Balaban J connectivity index is 2.29. The molecular formula is C11H18FNO2. The lowest BCUT2D eigenvalue weighted by Gasteiger charge is -2.54. The first-order chi connectivity index (χ1) is 6.98. The van der Waals surface area contributed by atoms with E-state index < -0.39 is 17.1 Å². The molecule has 0 aromatic rings. The van der Waals surface area contributed by atoms with Crippen molar-refractivity contribution in [3.8, 4) is 0 Å². The van der Waals surface area contributed by atoms with Gasteiger partial charge in [0.15, 0.2) is 0 Å². The minimum absolute atomic E-state index is 0.0940. The minimum Gasteiger partial charge on any atom is -0.467 e. The lowest BCUT2D eigenvalue weighted by molar-refractivity contribution is -0.178. The number of halogens is 1. The molecule has 1 aliphatic carbocycles. The molecule has 0 bridgehead atoms. The summed E-state index contributed by atoms with van der Waals surface area (Å²) in [4.78, 5) is 11.6. The van der Waals surface area contributed by atoms with Crippen molar-refractivity contribution in [2.45, 2.75) is 25.9 Å². The van der Waals surface area contributed by atoms with Crippen LogP contribution in [0.3, 0.4) is 0 Å². The molecule has 0 aromatic heterocycles. The zero-order valence-electron chi connectivity index (χ0n) is 9.47. The minimum atomic E-state index is -1.83. The van der Waals surface area contributed by atoms with Gasteiger partial charge < -0.3 is 10.1 Å². The highest BCUT2D eigenvalue weighted by Gasteiger charge is 2.69. The van der Waals surface area contributed by atoms with Crippen LogP contribution in [-0.4, -0.2) is 31.8 Å². The number of alkyl halides is 1. The summed E-state index contributed by atoms with van der Waals surface area (Å²) in [6.07, 6.45) is 0.771. The number of carbonyl (C=O) groups excluding carboxylic acids is 1. The van der Waals surface area contributed by atoms with Crippen LogP contribution in [0.25, 0.3) is 0 Å². The third kappa shape index (κ3) is 1.11. The van der Waals surface area contributed by atoms with Crippen molar-refractivity contribution in [1.82, 2.24) is 5.32 Å². The van der Waals surface area contributed by atoms with Crippen LogP contribution >= 0.6 is 0 Å². The topological polar surface area (TPSA) is 38.3 Å². The van der Waals surface area contributed by atoms with Gasteiger partial charge in [0.25, 0.3) is 0 Å². The van der Waals surface area contributed by atoms with Crippen LogP contribution < -0.4 is 5.32 Å². The largest absolute Gasteiger partial charge is 0.467 e. The van der Waals surface area contributed by atoms with Gasteiger partial charge in [-0.2, -0.15) is 0 Å². The Labute approximate surface area is 89.4 Å². The van der Waals surface area contributed by atoms with E-state index in [0.717, 1.165) is 6.42 Å². The average molecular weight is 215 g/mol. The summed E-state index contributed by atoms with van der Waals surface area (Å²) in [6.45, 7) is 4.81. The Morgan fingerprint density at radius 1 is 1.47 bits per heavy atom. The molecule has 2 aliphatic rings. The molecule has 1 saturated carbocycles. The highest BCUT2D eigenvalue weighted by atomic mass is 19.1. The summed E-state index contributed by atoms with van der Waals surface area (Å²) in [5.41, 5.74) is -2.35. The van der Waals surface area contributed by atoms with Gasteiger partial charge in [-0.15, -0.1) is 0 Å². The van der Waals surface area contributed by atoms with E-state index in [1.165, 1.54) is 7.11 Å². The molecule has 1 aliphatic heterocycles. The highest BCUT2D eigenvalue weighted by molar-refractivity contribution is 5.82. The second-order valence-corrected chi connectivity index (χ2v) is 5.02. The molecule has 1 heterocycles. The zero-order chi connectivity index (χ0) is 11.3. The van der Waals surface area contributed by atoms with Gasteiger partial charge in [-0.1, -0.05) is 13.8 Å². The molecule has 86 valence electrons. The fourth-order valence-electron chi connectivity index (χ4n) is 3.29. The first-order valence-electron chi connectivity index (χ1n) is 5.46. The normalized spacial score (nSPS) is 49.1. The molecule has 15 heavy (non-hydrogen) atoms. The Morgan fingerprint density at radius 2 is 2.13 bits per heavy atom. The molecule has 4 atom stereocenters. The second kappa shape index (κ2) is 3.17. The zero-order valence-corrected chi connectivity index (χ0v) is 9.47. The quantitative estimate of drug-likeness (QED) is 0.666. The van der Waals surface area contributed by atoms with E-state index in [2.05, 4.69) is 17.0 Å². The third-order valence-corrected chi connectivity index (χ3v) is 4.52. The molecule has 2 fully saturated rings. The molecule has 1 saturated heterocycles. The van der Waals surface area contributed by atoms with Gasteiger partial charge in [0.2, 0.25) is 5.67 Å². The SMILES string of the molecule is COC(=O)C1(F)CNCC12CC(C)C2C. The summed E-state index contributed by atoms with van der Waals surface area (Å²) in [5.74, 6) is 0.00697. The maximum absolute atomic E-state index is 14.7. The van der Waals surface area contributed by atoms with E-state index in [-0.39, 0.29) is 12.5 Å². The molecule has 0 radical (unpaired) electrons. The first kappa shape index (κ1) is 10.9. The fraction of sp³-hybridized carbons (Fsp3) is 0.909. The molecule has 4 heteroatoms. The Hall–Kier alpha value is -0.640.